The van der Waals surface area contributed by atoms with Crippen LogP contribution < -0.4 is 15.1 Å². The van der Waals surface area contributed by atoms with Crippen LogP contribution in [0, 0.1) is 5.92 Å². The van der Waals surface area contributed by atoms with Gasteiger partial charge < -0.3 is 20.1 Å². The van der Waals surface area contributed by atoms with Gasteiger partial charge in [-0.2, -0.15) is 0 Å². The molecule has 1 aliphatic heterocycles. The number of aromatic nitrogens is 4. The van der Waals surface area contributed by atoms with Crippen molar-refractivity contribution in [1.29, 1.82) is 0 Å². The predicted octanol–water partition coefficient (Wildman–Crippen LogP) is 2.89. The second-order valence-corrected chi connectivity index (χ2v) is 7.49. The Morgan fingerprint density at radius 2 is 1.89 bits per heavy atom. The van der Waals surface area contributed by atoms with E-state index in [9.17, 15) is 0 Å². The van der Waals surface area contributed by atoms with Gasteiger partial charge in [0.2, 0.25) is 5.95 Å². The molecule has 0 bridgehead atoms. The van der Waals surface area contributed by atoms with Crippen LogP contribution in [0.2, 0.25) is 0 Å². The molecule has 0 atom stereocenters. The molecule has 27 heavy (non-hydrogen) atoms. The summed E-state index contributed by atoms with van der Waals surface area (Å²) in [5.41, 5.74) is 2.12. The number of fused-ring (bicyclic) bond motifs is 1. The Labute approximate surface area is 158 Å². The number of hydrogen-bond acceptors (Lipinski definition) is 6. The van der Waals surface area contributed by atoms with Crippen LogP contribution in [-0.4, -0.2) is 52.7 Å². The van der Waals surface area contributed by atoms with Gasteiger partial charge in [-0.1, -0.05) is 12.1 Å². The van der Waals surface area contributed by atoms with Crippen molar-refractivity contribution in [3.63, 3.8) is 0 Å². The highest BCUT2D eigenvalue weighted by atomic mass is 15.3. The highest BCUT2D eigenvalue weighted by Gasteiger charge is 2.21. The van der Waals surface area contributed by atoms with E-state index in [1.807, 2.05) is 12.1 Å². The molecule has 0 amide bonds. The Balaban J connectivity index is 1.27. The van der Waals surface area contributed by atoms with Crippen molar-refractivity contribution >= 4 is 28.6 Å². The number of nitrogens with one attached hydrogen (secondary N) is 2. The van der Waals surface area contributed by atoms with E-state index in [0.29, 0.717) is 0 Å². The zero-order chi connectivity index (χ0) is 18.1. The average molecular weight is 363 g/mol. The van der Waals surface area contributed by atoms with E-state index in [1.165, 1.54) is 12.8 Å². The first-order valence-corrected chi connectivity index (χ1v) is 9.86. The van der Waals surface area contributed by atoms with Gasteiger partial charge in [-0.05, 0) is 37.3 Å². The van der Waals surface area contributed by atoms with Crippen molar-refractivity contribution < 1.29 is 0 Å². The minimum atomic E-state index is 0.832. The number of nitrogens with zero attached hydrogens (tertiary/aromatic N) is 5. The molecular formula is C20H25N7. The Morgan fingerprint density at radius 3 is 2.78 bits per heavy atom. The summed E-state index contributed by atoms with van der Waals surface area (Å²) in [6.07, 6.45) is 5.43. The Hall–Kier alpha value is -2.83. The quantitative estimate of drug-likeness (QED) is 0.726. The van der Waals surface area contributed by atoms with Gasteiger partial charge >= 0.3 is 0 Å². The maximum atomic E-state index is 4.75. The van der Waals surface area contributed by atoms with Crippen molar-refractivity contribution in [2.75, 3.05) is 47.8 Å². The molecule has 7 heteroatoms. The lowest BCUT2D eigenvalue weighted by molar-refractivity contribution is 0.788. The lowest BCUT2D eigenvalue weighted by atomic mass is 10.3. The number of rotatable bonds is 5. The minimum Gasteiger partial charge on any atom is -0.370 e. The van der Waals surface area contributed by atoms with Crippen molar-refractivity contribution in [1.82, 2.24) is 19.9 Å². The molecule has 0 spiro atoms. The lowest BCUT2D eigenvalue weighted by Crippen LogP contribution is -2.31. The lowest BCUT2D eigenvalue weighted by Gasteiger charge is -2.22. The van der Waals surface area contributed by atoms with E-state index in [-0.39, 0.29) is 0 Å². The van der Waals surface area contributed by atoms with Gasteiger partial charge in [-0.15, -0.1) is 0 Å². The molecule has 3 heterocycles. The average Bonchev–Trinajstić information content (AvgIpc) is 3.48. The SMILES string of the molecule is c1ccc2[nH]c(N3CCCN(c4cc(NCC5CC5)ncn4)CC3)nc2c1. The summed E-state index contributed by atoms with van der Waals surface area (Å²) in [4.78, 5) is 21.8. The third-order valence-corrected chi connectivity index (χ3v) is 5.42. The van der Waals surface area contributed by atoms with Gasteiger partial charge in [-0.25, -0.2) is 15.0 Å². The summed E-state index contributed by atoms with van der Waals surface area (Å²) in [5.74, 6) is 3.74. The largest absolute Gasteiger partial charge is 0.370 e. The summed E-state index contributed by atoms with van der Waals surface area (Å²) >= 11 is 0. The summed E-state index contributed by atoms with van der Waals surface area (Å²) in [5, 5.41) is 3.45. The number of para-hydroxylation sites is 2. The second kappa shape index (κ2) is 7.06. The highest BCUT2D eigenvalue weighted by molar-refractivity contribution is 5.77. The molecular weight excluding hydrogens is 338 g/mol. The Bertz CT molecular complexity index is 884. The molecule has 2 aliphatic rings. The van der Waals surface area contributed by atoms with E-state index in [0.717, 1.165) is 73.7 Å². The number of aromatic amines is 1. The van der Waals surface area contributed by atoms with Crippen molar-refractivity contribution in [3.8, 4) is 0 Å². The Morgan fingerprint density at radius 1 is 1.04 bits per heavy atom. The Kier molecular flexibility index (Phi) is 4.27. The summed E-state index contributed by atoms with van der Waals surface area (Å²) in [7, 11) is 0. The predicted molar refractivity (Wildman–Crippen MR) is 108 cm³/mol. The second-order valence-electron chi connectivity index (χ2n) is 7.49. The molecule has 2 fully saturated rings. The van der Waals surface area contributed by atoms with Crippen LogP contribution in [0.1, 0.15) is 19.3 Å². The summed E-state index contributed by atoms with van der Waals surface area (Å²) < 4.78 is 0. The van der Waals surface area contributed by atoms with E-state index < -0.39 is 0 Å². The van der Waals surface area contributed by atoms with Gasteiger partial charge in [0.1, 0.15) is 18.0 Å². The number of benzene rings is 1. The minimum absolute atomic E-state index is 0.832. The first-order chi connectivity index (χ1) is 13.3. The van der Waals surface area contributed by atoms with Crippen LogP contribution >= 0.6 is 0 Å². The van der Waals surface area contributed by atoms with Gasteiger partial charge in [0, 0.05) is 38.8 Å². The maximum absolute atomic E-state index is 4.75. The van der Waals surface area contributed by atoms with Gasteiger partial charge in [0.15, 0.2) is 0 Å². The summed E-state index contributed by atoms with van der Waals surface area (Å²) in [6, 6.07) is 10.3. The van der Waals surface area contributed by atoms with E-state index in [1.54, 1.807) is 6.33 Å². The van der Waals surface area contributed by atoms with Crippen LogP contribution in [0.15, 0.2) is 36.7 Å². The van der Waals surface area contributed by atoms with Crippen molar-refractivity contribution in [2.24, 2.45) is 5.92 Å². The molecule has 0 radical (unpaired) electrons. The maximum Gasteiger partial charge on any atom is 0.203 e. The number of imidazole rings is 1. The van der Waals surface area contributed by atoms with E-state index >= 15 is 0 Å². The van der Waals surface area contributed by atoms with Crippen LogP contribution in [0.5, 0.6) is 0 Å². The van der Waals surface area contributed by atoms with Crippen LogP contribution in [0.25, 0.3) is 11.0 Å². The molecule has 1 aromatic carbocycles. The molecule has 7 nitrogen and oxygen atoms in total. The molecule has 0 unspecified atom stereocenters. The molecule has 5 rings (SSSR count). The van der Waals surface area contributed by atoms with E-state index in [2.05, 4.69) is 48.3 Å². The van der Waals surface area contributed by atoms with Gasteiger partial charge in [0.25, 0.3) is 0 Å². The molecule has 2 aromatic heterocycles. The fraction of sp³-hybridized carbons (Fsp3) is 0.450. The van der Waals surface area contributed by atoms with Crippen LogP contribution in [-0.2, 0) is 0 Å². The fourth-order valence-corrected chi connectivity index (χ4v) is 3.63. The van der Waals surface area contributed by atoms with Crippen LogP contribution in [0.4, 0.5) is 17.6 Å². The molecule has 1 aliphatic carbocycles. The topological polar surface area (TPSA) is 73.0 Å². The third kappa shape index (κ3) is 3.67. The molecule has 140 valence electrons. The first-order valence-electron chi connectivity index (χ1n) is 9.86. The van der Waals surface area contributed by atoms with Gasteiger partial charge in [0.05, 0.1) is 11.0 Å². The highest BCUT2D eigenvalue weighted by Crippen LogP contribution is 2.29. The monoisotopic (exact) mass is 363 g/mol. The normalized spacial score (nSPS) is 17.9. The molecule has 1 saturated heterocycles. The van der Waals surface area contributed by atoms with Crippen molar-refractivity contribution in [2.45, 2.75) is 19.3 Å². The van der Waals surface area contributed by atoms with Gasteiger partial charge in [-0.3, -0.25) is 0 Å². The first kappa shape index (κ1) is 16.4. The number of anilines is 3. The standard InChI is InChI=1S/C20H25N7/c1-2-5-17-16(4-1)24-20(25-17)27-9-3-8-26(10-11-27)19-12-18(22-14-23-19)21-13-15-6-7-15/h1-2,4-5,12,14-15H,3,6-11,13H2,(H,24,25)(H,21,22,23). The smallest absolute Gasteiger partial charge is 0.203 e. The molecule has 1 saturated carbocycles. The number of hydrogen-bond donors (Lipinski definition) is 2. The van der Waals surface area contributed by atoms with Crippen LogP contribution in [0.3, 0.4) is 0 Å². The van der Waals surface area contributed by atoms with Crippen molar-refractivity contribution in [3.05, 3.63) is 36.7 Å². The zero-order valence-electron chi connectivity index (χ0n) is 15.4. The molecule has 3 aromatic rings. The zero-order valence-corrected chi connectivity index (χ0v) is 15.4. The molecule has 2 N–H and O–H groups in total. The number of H-pyrrole nitrogens is 1. The summed E-state index contributed by atoms with van der Waals surface area (Å²) in [6.45, 7) is 4.87. The fourth-order valence-electron chi connectivity index (χ4n) is 3.63. The third-order valence-electron chi connectivity index (χ3n) is 5.42. The van der Waals surface area contributed by atoms with E-state index in [4.69, 9.17) is 4.98 Å².